The second-order valence-corrected chi connectivity index (χ2v) is 4.10. The second kappa shape index (κ2) is 5.35. The van der Waals surface area contributed by atoms with Crippen molar-refractivity contribution < 1.29 is 5.11 Å². The Bertz CT molecular complexity index is 525. The molecule has 0 atom stereocenters. The number of phenolic OH excluding ortho intramolecular Hbond substituents is 1. The summed E-state index contributed by atoms with van der Waals surface area (Å²) < 4.78 is 0. The molecule has 5 nitrogen and oxygen atoms in total. The number of rotatable bonds is 4. The first-order valence-corrected chi connectivity index (χ1v) is 5.76. The van der Waals surface area contributed by atoms with Crippen LogP contribution in [0.2, 0.25) is 0 Å². The van der Waals surface area contributed by atoms with Gasteiger partial charge in [-0.3, -0.25) is 0 Å². The normalized spacial score (nSPS) is 10.3. The minimum absolute atomic E-state index is 0.271. The number of hydrogen-bond donors (Lipinski definition) is 3. The van der Waals surface area contributed by atoms with E-state index in [1.807, 2.05) is 19.1 Å². The van der Waals surface area contributed by atoms with Gasteiger partial charge in [-0.05, 0) is 31.0 Å². The van der Waals surface area contributed by atoms with Crippen molar-refractivity contribution >= 4 is 11.8 Å². The fourth-order valence-electron chi connectivity index (χ4n) is 1.62. The van der Waals surface area contributed by atoms with Gasteiger partial charge in [0.1, 0.15) is 11.6 Å². The molecule has 0 bridgehead atoms. The summed E-state index contributed by atoms with van der Waals surface area (Å²) in [6, 6.07) is 7.17. The molecule has 0 spiro atoms. The zero-order valence-corrected chi connectivity index (χ0v) is 10.2. The lowest BCUT2D eigenvalue weighted by molar-refractivity contribution is 0.475. The molecular weight excluding hydrogens is 228 g/mol. The largest absolute Gasteiger partial charge is 0.508 e. The molecule has 0 fully saturated rings. The summed E-state index contributed by atoms with van der Waals surface area (Å²) in [4.78, 5) is 8.05. The summed E-state index contributed by atoms with van der Waals surface area (Å²) in [5.41, 5.74) is 7.66. The number of phenols is 1. The van der Waals surface area contributed by atoms with E-state index in [1.165, 1.54) is 0 Å². The molecule has 0 aliphatic heterocycles. The maximum atomic E-state index is 9.18. The van der Waals surface area contributed by atoms with Gasteiger partial charge in [0.25, 0.3) is 0 Å². The molecule has 2 aromatic rings. The molecule has 0 aliphatic carbocycles. The number of nitrogens with one attached hydrogen (secondary N) is 1. The Morgan fingerprint density at radius 1 is 1.28 bits per heavy atom. The predicted octanol–water partition coefficient (Wildman–Crippen LogP) is 1.73. The minimum Gasteiger partial charge on any atom is -0.508 e. The maximum absolute atomic E-state index is 9.18. The molecule has 1 heterocycles. The monoisotopic (exact) mass is 244 g/mol. The van der Waals surface area contributed by atoms with E-state index in [9.17, 15) is 5.11 Å². The van der Waals surface area contributed by atoms with Crippen LogP contribution in [0, 0.1) is 6.92 Å². The van der Waals surface area contributed by atoms with Gasteiger partial charge in [-0.2, -0.15) is 4.98 Å². The summed E-state index contributed by atoms with van der Waals surface area (Å²) in [5.74, 6) is 1.32. The third-order valence-electron chi connectivity index (χ3n) is 2.63. The van der Waals surface area contributed by atoms with E-state index in [0.717, 1.165) is 29.9 Å². The molecule has 2 rings (SSSR count). The first-order chi connectivity index (χ1) is 8.65. The lowest BCUT2D eigenvalue weighted by Crippen LogP contribution is -2.09. The lowest BCUT2D eigenvalue weighted by atomic mass is 10.1. The van der Waals surface area contributed by atoms with Crippen LogP contribution < -0.4 is 11.1 Å². The van der Waals surface area contributed by atoms with Gasteiger partial charge in [-0.15, -0.1) is 0 Å². The van der Waals surface area contributed by atoms with E-state index in [-0.39, 0.29) is 11.7 Å². The molecule has 0 amide bonds. The summed E-state index contributed by atoms with van der Waals surface area (Å²) >= 11 is 0. The Labute approximate surface area is 106 Å². The SMILES string of the molecule is Cc1cnc(N)nc1NCCc1ccc(O)cc1. The van der Waals surface area contributed by atoms with Gasteiger partial charge < -0.3 is 16.2 Å². The Morgan fingerprint density at radius 2 is 2.00 bits per heavy atom. The summed E-state index contributed by atoms with van der Waals surface area (Å²) in [5, 5.41) is 12.4. The average molecular weight is 244 g/mol. The highest BCUT2D eigenvalue weighted by Crippen LogP contribution is 2.12. The van der Waals surface area contributed by atoms with Crippen molar-refractivity contribution in [2.75, 3.05) is 17.6 Å². The first-order valence-electron chi connectivity index (χ1n) is 5.76. The Kier molecular flexibility index (Phi) is 3.62. The van der Waals surface area contributed by atoms with Crippen molar-refractivity contribution in [3.63, 3.8) is 0 Å². The molecule has 0 radical (unpaired) electrons. The van der Waals surface area contributed by atoms with Crippen molar-refractivity contribution in [2.45, 2.75) is 13.3 Å². The van der Waals surface area contributed by atoms with Gasteiger partial charge in [-0.25, -0.2) is 4.98 Å². The van der Waals surface area contributed by atoms with E-state index >= 15 is 0 Å². The van der Waals surface area contributed by atoms with Crippen LogP contribution in [0.25, 0.3) is 0 Å². The molecule has 0 saturated heterocycles. The van der Waals surface area contributed by atoms with E-state index in [4.69, 9.17) is 5.73 Å². The number of nitrogens with zero attached hydrogens (tertiary/aromatic N) is 2. The maximum Gasteiger partial charge on any atom is 0.221 e. The molecule has 0 unspecified atom stereocenters. The topological polar surface area (TPSA) is 84.1 Å². The molecule has 1 aromatic carbocycles. The number of aromatic hydroxyl groups is 1. The average Bonchev–Trinajstić information content (AvgIpc) is 2.36. The summed E-state index contributed by atoms with van der Waals surface area (Å²) in [6.07, 6.45) is 2.55. The number of nitrogens with two attached hydrogens (primary N) is 1. The van der Waals surface area contributed by atoms with Gasteiger partial charge in [0.15, 0.2) is 0 Å². The molecule has 5 heteroatoms. The van der Waals surface area contributed by atoms with Gasteiger partial charge in [-0.1, -0.05) is 12.1 Å². The summed E-state index contributed by atoms with van der Waals surface area (Å²) in [7, 11) is 0. The van der Waals surface area contributed by atoms with Crippen molar-refractivity contribution in [3.05, 3.63) is 41.6 Å². The van der Waals surface area contributed by atoms with E-state index in [2.05, 4.69) is 15.3 Å². The number of aryl methyl sites for hydroxylation is 1. The van der Waals surface area contributed by atoms with Gasteiger partial charge in [0.2, 0.25) is 5.95 Å². The van der Waals surface area contributed by atoms with Crippen LogP contribution in [-0.4, -0.2) is 21.6 Å². The van der Waals surface area contributed by atoms with Gasteiger partial charge >= 0.3 is 0 Å². The predicted molar refractivity (Wildman–Crippen MR) is 71.5 cm³/mol. The van der Waals surface area contributed by atoms with Crippen LogP contribution in [0.5, 0.6) is 5.75 Å². The standard InChI is InChI=1S/C13H16N4O/c1-9-8-16-13(14)17-12(9)15-7-6-10-2-4-11(18)5-3-10/h2-5,8,18H,6-7H2,1H3,(H3,14,15,16,17). The number of benzene rings is 1. The third-order valence-corrected chi connectivity index (χ3v) is 2.63. The summed E-state index contributed by atoms with van der Waals surface area (Å²) in [6.45, 7) is 2.68. The fourth-order valence-corrected chi connectivity index (χ4v) is 1.62. The van der Waals surface area contributed by atoms with Crippen LogP contribution in [0.1, 0.15) is 11.1 Å². The quantitative estimate of drug-likeness (QED) is 0.762. The highest BCUT2D eigenvalue weighted by molar-refractivity contribution is 5.45. The minimum atomic E-state index is 0.271. The molecule has 94 valence electrons. The smallest absolute Gasteiger partial charge is 0.221 e. The molecular formula is C13H16N4O. The lowest BCUT2D eigenvalue weighted by Gasteiger charge is -2.08. The molecule has 0 saturated carbocycles. The zero-order chi connectivity index (χ0) is 13.0. The third kappa shape index (κ3) is 3.10. The second-order valence-electron chi connectivity index (χ2n) is 4.10. The molecule has 0 aliphatic rings. The van der Waals surface area contributed by atoms with Gasteiger partial charge in [0, 0.05) is 18.3 Å². The fraction of sp³-hybridized carbons (Fsp3) is 0.231. The number of aromatic nitrogens is 2. The number of hydrogen-bond acceptors (Lipinski definition) is 5. The molecule has 1 aromatic heterocycles. The van der Waals surface area contributed by atoms with E-state index in [0.29, 0.717) is 0 Å². The van der Waals surface area contributed by atoms with Crippen LogP contribution in [0.15, 0.2) is 30.5 Å². The number of nitrogen functional groups attached to an aromatic ring is 1. The van der Waals surface area contributed by atoms with Crippen molar-refractivity contribution in [1.82, 2.24) is 9.97 Å². The number of anilines is 2. The highest BCUT2D eigenvalue weighted by atomic mass is 16.3. The van der Waals surface area contributed by atoms with E-state index < -0.39 is 0 Å². The first kappa shape index (κ1) is 12.2. The Morgan fingerprint density at radius 3 is 2.72 bits per heavy atom. The van der Waals surface area contributed by atoms with Crippen LogP contribution in [0.4, 0.5) is 11.8 Å². The van der Waals surface area contributed by atoms with Gasteiger partial charge in [0.05, 0.1) is 0 Å². The molecule has 18 heavy (non-hydrogen) atoms. The van der Waals surface area contributed by atoms with Crippen molar-refractivity contribution in [3.8, 4) is 5.75 Å². The van der Waals surface area contributed by atoms with Crippen LogP contribution >= 0.6 is 0 Å². The Hall–Kier alpha value is -2.30. The van der Waals surface area contributed by atoms with Crippen LogP contribution in [0.3, 0.4) is 0 Å². The molecule has 4 N–H and O–H groups in total. The van der Waals surface area contributed by atoms with Crippen molar-refractivity contribution in [1.29, 1.82) is 0 Å². The highest BCUT2D eigenvalue weighted by Gasteiger charge is 2.01. The van der Waals surface area contributed by atoms with Crippen LogP contribution in [-0.2, 0) is 6.42 Å². The zero-order valence-electron chi connectivity index (χ0n) is 10.2. The Balaban J connectivity index is 1.92. The van der Waals surface area contributed by atoms with Crippen molar-refractivity contribution in [2.24, 2.45) is 0 Å². The van der Waals surface area contributed by atoms with E-state index in [1.54, 1.807) is 18.3 Å².